The van der Waals surface area contributed by atoms with E-state index in [0.29, 0.717) is 5.92 Å². The first-order valence-electron chi connectivity index (χ1n) is 8.05. The minimum atomic E-state index is -0.413. The van der Waals surface area contributed by atoms with Gasteiger partial charge in [-0.1, -0.05) is 26.0 Å². The fourth-order valence-electron chi connectivity index (χ4n) is 2.72. The summed E-state index contributed by atoms with van der Waals surface area (Å²) in [6, 6.07) is 6.27. The number of rotatable bonds is 4. The van der Waals surface area contributed by atoms with Gasteiger partial charge in [0, 0.05) is 13.1 Å². The fraction of sp³-hybridized carbons (Fsp3) is 0.611. The number of aryl methyl sites for hydroxylation is 1. The van der Waals surface area contributed by atoms with Crippen LogP contribution in [0.25, 0.3) is 0 Å². The lowest BCUT2D eigenvalue weighted by molar-refractivity contribution is -0.138. The third kappa shape index (κ3) is 3.99. The monoisotopic (exact) mass is 289 g/mol. The molecule has 1 saturated heterocycles. The Morgan fingerprint density at radius 3 is 2.43 bits per heavy atom. The number of likely N-dealkylation sites (tertiary alicyclic amines) is 1. The first-order valence-corrected chi connectivity index (χ1v) is 8.05. The Labute approximate surface area is 128 Å². The molecule has 1 aliphatic heterocycles. The van der Waals surface area contributed by atoms with E-state index in [1.165, 1.54) is 12.0 Å². The molecule has 1 unspecified atom stereocenters. The topological polar surface area (TPSA) is 29.5 Å². The van der Waals surface area contributed by atoms with E-state index >= 15 is 0 Å². The molecule has 3 heteroatoms. The summed E-state index contributed by atoms with van der Waals surface area (Å²) in [7, 11) is 0. The maximum Gasteiger partial charge on any atom is 0.263 e. The summed E-state index contributed by atoms with van der Waals surface area (Å²) in [6.07, 6.45) is 3.04. The Bertz CT molecular complexity index is 490. The van der Waals surface area contributed by atoms with E-state index in [1.807, 2.05) is 18.7 Å². The smallest absolute Gasteiger partial charge is 0.263 e. The van der Waals surface area contributed by atoms with E-state index in [9.17, 15) is 4.79 Å². The SMILES string of the molecule is Cc1ccc(C(C)C)cc1OC(C)C(=O)N1CCCCC1. The lowest BCUT2D eigenvalue weighted by Crippen LogP contribution is -2.43. The number of carbonyl (C=O) groups is 1. The summed E-state index contributed by atoms with van der Waals surface area (Å²) in [4.78, 5) is 14.4. The first-order chi connectivity index (χ1) is 9.99. The number of carbonyl (C=O) groups excluding carboxylic acids is 1. The second kappa shape index (κ2) is 6.97. The molecular formula is C18H27NO2. The van der Waals surface area contributed by atoms with Crippen LogP contribution in [0.15, 0.2) is 18.2 Å². The highest BCUT2D eigenvalue weighted by atomic mass is 16.5. The number of benzene rings is 1. The van der Waals surface area contributed by atoms with Crippen molar-refractivity contribution in [1.82, 2.24) is 4.90 Å². The molecule has 21 heavy (non-hydrogen) atoms. The van der Waals surface area contributed by atoms with Crippen LogP contribution < -0.4 is 4.74 Å². The van der Waals surface area contributed by atoms with E-state index in [-0.39, 0.29) is 5.91 Å². The molecule has 0 aromatic heterocycles. The van der Waals surface area contributed by atoms with Crippen molar-refractivity contribution in [2.24, 2.45) is 0 Å². The molecule has 1 heterocycles. The Kier molecular flexibility index (Phi) is 5.27. The van der Waals surface area contributed by atoms with Gasteiger partial charge in [0.25, 0.3) is 5.91 Å². The molecule has 1 fully saturated rings. The van der Waals surface area contributed by atoms with Crippen molar-refractivity contribution < 1.29 is 9.53 Å². The summed E-state index contributed by atoms with van der Waals surface area (Å²) in [5, 5.41) is 0. The maximum absolute atomic E-state index is 12.4. The molecule has 3 nitrogen and oxygen atoms in total. The van der Waals surface area contributed by atoms with E-state index in [2.05, 4.69) is 32.0 Å². The van der Waals surface area contributed by atoms with E-state index < -0.39 is 6.10 Å². The van der Waals surface area contributed by atoms with Crippen LogP contribution in [0, 0.1) is 6.92 Å². The standard InChI is InChI=1S/C18H27NO2/c1-13(2)16-9-8-14(3)17(12-16)21-15(4)18(20)19-10-6-5-7-11-19/h8-9,12-13,15H,5-7,10-11H2,1-4H3. The zero-order valence-corrected chi connectivity index (χ0v) is 13.7. The predicted molar refractivity (Wildman–Crippen MR) is 85.8 cm³/mol. The van der Waals surface area contributed by atoms with Gasteiger partial charge in [0.05, 0.1) is 0 Å². The van der Waals surface area contributed by atoms with Crippen LogP contribution in [0.4, 0.5) is 0 Å². The maximum atomic E-state index is 12.4. The van der Waals surface area contributed by atoms with E-state index in [4.69, 9.17) is 4.74 Å². The average Bonchev–Trinajstić information content (AvgIpc) is 2.49. The van der Waals surface area contributed by atoms with Crippen molar-refractivity contribution >= 4 is 5.91 Å². The number of hydrogen-bond donors (Lipinski definition) is 0. The summed E-state index contributed by atoms with van der Waals surface area (Å²) in [5.41, 5.74) is 2.32. The van der Waals surface area contributed by atoms with Crippen molar-refractivity contribution in [2.75, 3.05) is 13.1 Å². The molecule has 0 saturated carbocycles. The molecule has 1 aromatic carbocycles. The highest BCUT2D eigenvalue weighted by Gasteiger charge is 2.23. The van der Waals surface area contributed by atoms with Crippen molar-refractivity contribution in [2.45, 2.75) is 59.0 Å². The van der Waals surface area contributed by atoms with Gasteiger partial charge in [-0.05, 0) is 56.2 Å². The molecule has 116 valence electrons. The molecule has 1 atom stereocenters. The molecule has 1 aliphatic rings. The molecule has 2 rings (SSSR count). The van der Waals surface area contributed by atoms with Crippen molar-refractivity contribution in [1.29, 1.82) is 0 Å². The van der Waals surface area contributed by atoms with Crippen LogP contribution in [0.2, 0.25) is 0 Å². The van der Waals surface area contributed by atoms with E-state index in [0.717, 1.165) is 37.2 Å². The summed E-state index contributed by atoms with van der Waals surface area (Å²) in [6.45, 7) is 9.96. The van der Waals surface area contributed by atoms with Gasteiger partial charge in [-0.3, -0.25) is 4.79 Å². The summed E-state index contributed by atoms with van der Waals surface area (Å²) >= 11 is 0. The molecule has 1 amide bonds. The molecule has 0 spiro atoms. The molecule has 0 N–H and O–H groups in total. The Balaban J connectivity index is 2.06. The number of ether oxygens (including phenoxy) is 1. The highest BCUT2D eigenvalue weighted by Crippen LogP contribution is 2.25. The normalized spacial score (nSPS) is 16.9. The Morgan fingerprint density at radius 1 is 1.14 bits per heavy atom. The van der Waals surface area contributed by atoms with Gasteiger partial charge in [0.15, 0.2) is 6.10 Å². The zero-order chi connectivity index (χ0) is 15.4. The highest BCUT2D eigenvalue weighted by molar-refractivity contribution is 5.81. The lowest BCUT2D eigenvalue weighted by atomic mass is 10.0. The fourth-order valence-corrected chi connectivity index (χ4v) is 2.72. The van der Waals surface area contributed by atoms with Gasteiger partial charge >= 0.3 is 0 Å². The largest absolute Gasteiger partial charge is 0.481 e. The predicted octanol–water partition coefficient (Wildman–Crippen LogP) is 3.90. The van der Waals surface area contributed by atoms with Crippen LogP contribution in [-0.4, -0.2) is 30.0 Å². The van der Waals surface area contributed by atoms with Crippen molar-refractivity contribution in [3.05, 3.63) is 29.3 Å². The van der Waals surface area contributed by atoms with Crippen LogP contribution in [0.1, 0.15) is 57.1 Å². The third-order valence-corrected chi connectivity index (χ3v) is 4.20. The summed E-state index contributed by atoms with van der Waals surface area (Å²) in [5.74, 6) is 1.41. The van der Waals surface area contributed by atoms with Crippen molar-refractivity contribution in [3.8, 4) is 5.75 Å². The number of nitrogens with zero attached hydrogens (tertiary/aromatic N) is 1. The average molecular weight is 289 g/mol. The minimum absolute atomic E-state index is 0.115. The second-order valence-corrected chi connectivity index (χ2v) is 6.33. The van der Waals surface area contributed by atoms with Crippen LogP contribution in [-0.2, 0) is 4.79 Å². The van der Waals surface area contributed by atoms with Gasteiger partial charge in [-0.25, -0.2) is 0 Å². The minimum Gasteiger partial charge on any atom is -0.481 e. The Morgan fingerprint density at radius 2 is 1.81 bits per heavy atom. The van der Waals surface area contributed by atoms with Gasteiger partial charge in [0.2, 0.25) is 0 Å². The third-order valence-electron chi connectivity index (χ3n) is 4.20. The van der Waals surface area contributed by atoms with Gasteiger partial charge < -0.3 is 9.64 Å². The van der Waals surface area contributed by atoms with Crippen LogP contribution in [0.3, 0.4) is 0 Å². The molecule has 0 bridgehead atoms. The van der Waals surface area contributed by atoms with Crippen LogP contribution in [0.5, 0.6) is 5.75 Å². The van der Waals surface area contributed by atoms with Gasteiger partial charge in [-0.15, -0.1) is 0 Å². The number of hydrogen-bond acceptors (Lipinski definition) is 2. The molecule has 0 radical (unpaired) electrons. The lowest BCUT2D eigenvalue weighted by Gasteiger charge is -2.29. The molecule has 0 aliphatic carbocycles. The second-order valence-electron chi connectivity index (χ2n) is 6.33. The van der Waals surface area contributed by atoms with Gasteiger partial charge in [-0.2, -0.15) is 0 Å². The number of amides is 1. The number of piperidine rings is 1. The molecule has 1 aromatic rings. The summed E-state index contributed by atoms with van der Waals surface area (Å²) < 4.78 is 5.96. The zero-order valence-electron chi connectivity index (χ0n) is 13.7. The van der Waals surface area contributed by atoms with Crippen molar-refractivity contribution in [3.63, 3.8) is 0 Å². The van der Waals surface area contributed by atoms with E-state index in [1.54, 1.807) is 0 Å². The first kappa shape index (κ1) is 15.9. The van der Waals surface area contributed by atoms with Gasteiger partial charge in [0.1, 0.15) is 5.75 Å². The molecular weight excluding hydrogens is 262 g/mol. The quantitative estimate of drug-likeness (QED) is 0.841. The Hall–Kier alpha value is -1.51. The van der Waals surface area contributed by atoms with Crippen LogP contribution >= 0.6 is 0 Å².